The minimum atomic E-state index is -0.160. The maximum absolute atomic E-state index is 12.8. The molecule has 1 N–H and O–H groups in total. The van der Waals surface area contributed by atoms with Crippen molar-refractivity contribution in [2.24, 2.45) is 0 Å². The van der Waals surface area contributed by atoms with Crippen LogP contribution in [-0.4, -0.2) is 30.9 Å². The first-order valence-electron chi connectivity index (χ1n) is 10.8. The normalized spacial score (nSPS) is 10.9. The average molecular weight is 451 g/mol. The lowest BCUT2D eigenvalue weighted by molar-refractivity contribution is 0.0950. The number of benzene rings is 2. The molecule has 0 radical (unpaired) electrons. The summed E-state index contributed by atoms with van der Waals surface area (Å²) in [7, 11) is 0. The summed E-state index contributed by atoms with van der Waals surface area (Å²) in [4.78, 5) is 21.3. The Hall–Kier alpha value is -4.59. The van der Waals surface area contributed by atoms with Crippen LogP contribution in [0.2, 0.25) is 0 Å². The molecule has 2 aromatic carbocycles. The minimum Gasteiger partial charge on any atom is -0.456 e. The summed E-state index contributed by atoms with van der Waals surface area (Å²) in [6.45, 7) is 4.20. The fourth-order valence-corrected chi connectivity index (χ4v) is 3.68. The summed E-state index contributed by atoms with van der Waals surface area (Å²) in [5.41, 5.74) is 4.78. The molecule has 0 unspecified atom stereocenters. The van der Waals surface area contributed by atoms with Crippen molar-refractivity contribution in [3.8, 4) is 17.2 Å². The van der Waals surface area contributed by atoms with Gasteiger partial charge in [-0.1, -0.05) is 11.3 Å². The molecular formula is C26H22N6O2. The van der Waals surface area contributed by atoms with Crippen LogP contribution in [0.15, 0.2) is 79.4 Å². The van der Waals surface area contributed by atoms with Crippen molar-refractivity contribution in [2.45, 2.75) is 20.4 Å². The molecule has 5 rings (SSSR count). The fraction of sp³-hybridized carbons (Fsp3) is 0.115. The van der Waals surface area contributed by atoms with E-state index in [9.17, 15) is 4.79 Å². The van der Waals surface area contributed by atoms with Gasteiger partial charge in [-0.15, -0.1) is 5.10 Å². The number of rotatable bonds is 6. The van der Waals surface area contributed by atoms with Crippen molar-refractivity contribution in [1.82, 2.24) is 30.3 Å². The first-order chi connectivity index (χ1) is 16.6. The number of pyridine rings is 2. The number of fused-ring (bicyclic) bond motifs is 1. The van der Waals surface area contributed by atoms with Gasteiger partial charge in [-0.05, 0) is 67.9 Å². The molecule has 168 valence electrons. The van der Waals surface area contributed by atoms with Crippen LogP contribution in [-0.2, 0) is 6.54 Å². The van der Waals surface area contributed by atoms with Gasteiger partial charge in [-0.3, -0.25) is 14.8 Å². The molecule has 1 amide bonds. The Kier molecular flexibility index (Phi) is 5.70. The summed E-state index contributed by atoms with van der Waals surface area (Å²) in [6.07, 6.45) is 6.97. The number of carbonyl (C=O) groups excluding carboxylic acids is 1. The standard InChI is InChI=1S/C26H22N6O2/c1-17-16-32(31-30-17)20-6-7-22-23(14-20)28-13-10-25(22)34-24-5-3-4-21(18(24)2)26(33)29-15-19-8-11-27-12-9-19/h3-14,16H,15H2,1-2H3,(H,29,33). The van der Waals surface area contributed by atoms with Crippen LogP contribution in [0.25, 0.3) is 16.6 Å². The number of amides is 1. The molecule has 0 bridgehead atoms. The van der Waals surface area contributed by atoms with Crippen molar-refractivity contribution in [2.75, 3.05) is 0 Å². The average Bonchev–Trinajstić information content (AvgIpc) is 3.30. The molecule has 0 saturated heterocycles. The van der Waals surface area contributed by atoms with E-state index < -0.39 is 0 Å². The van der Waals surface area contributed by atoms with E-state index in [0.29, 0.717) is 23.6 Å². The predicted octanol–water partition coefficient (Wildman–Crippen LogP) is 4.55. The van der Waals surface area contributed by atoms with E-state index in [-0.39, 0.29) is 5.91 Å². The van der Waals surface area contributed by atoms with Crippen molar-refractivity contribution < 1.29 is 9.53 Å². The summed E-state index contributed by atoms with van der Waals surface area (Å²) < 4.78 is 7.97. The highest BCUT2D eigenvalue weighted by molar-refractivity contribution is 5.96. The first kappa shape index (κ1) is 21.3. The van der Waals surface area contributed by atoms with Gasteiger partial charge in [-0.2, -0.15) is 0 Å². The third kappa shape index (κ3) is 4.33. The molecule has 3 heterocycles. The van der Waals surface area contributed by atoms with Crippen molar-refractivity contribution in [3.63, 3.8) is 0 Å². The Balaban J connectivity index is 1.39. The van der Waals surface area contributed by atoms with E-state index in [1.165, 1.54) is 0 Å². The van der Waals surface area contributed by atoms with E-state index in [1.807, 2.05) is 68.6 Å². The summed E-state index contributed by atoms with van der Waals surface area (Å²) >= 11 is 0. The van der Waals surface area contributed by atoms with E-state index in [0.717, 1.165) is 33.4 Å². The number of aromatic nitrogens is 5. The highest BCUT2D eigenvalue weighted by Gasteiger charge is 2.14. The largest absolute Gasteiger partial charge is 0.456 e. The fourth-order valence-electron chi connectivity index (χ4n) is 3.68. The van der Waals surface area contributed by atoms with Gasteiger partial charge < -0.3 is 10.1 Å². The number of hydrogen-bond donors (Lipinski definition) is 1. The van der Waals surface area contributed by atoms with Crippen LogP contribution < -0.4 is 10.1 Å². The zero-order valence-corrected chi connectivity index (χ0v) is 18.8. The Morgan fingerprint density at radius 1 is 1.00 bits per heavy atom. The summed E-state index contributed by atoms with van der Waals surface area (Å²) in [5, 5.41) is 12.0. The Morgan fingerprint density at radius 3 is 2.65 bits per heavy atom. The molecule has 3 aromatic heterocycles. The lowest BCUT2D eigenvalue weighted by Gasteiger charge is -2.14. The number of ether oxygens (including phenoxy) is 1. The molecule has 34 heavy (non-hydrogen) atoms. The van der Waals surface area contributed by atoms with Gasteiger partial charge in [0.05, 0.1) is 23.1 Å². The van der Waals surface area contributed by atoms with Crippen LogP contribution >= 0.6 is 0 Å². The van der Waals surface area contributed by atoms with E-state index >= 15 is 0 Å². The van der Waals surface area contributed by atoms with Gasteiger partial charge in [0.2, 0.25) is 0 Å². The molecule has 0 atom stereocenters. The maximum Gasteiger partial charge on any atom is 0.251 e. The zero-order chi connectivity index (χ0) is 23.5. The zero-order valence-electron chi connectivity index (χ0n) is 18.8. The van der Waals surface area contributed by atoms with Crippen molar-refractivity contribution in [3.05, 3.63) is 102 Å². The second-order valence-electron chi connectivity index (χ2n) is 7.88. The highest BCUT2D eigenvalue weighted by atomic mass is 16.5. The summed E-state index contributed by atoms with van der Waals surface area (Å²) in [5.74, 6) is 1.11. The molecule has 0 aliphatic heterocycles. The molecule has 0 aliphatic rings. The predicted molar refractivity (Wildman–Crippen MR) is 128 cm³/mol. The summed E-state index contributed by atoms with van der Waals surface area (Å²) in [6, 6.07) is 16.9. The van der Waals surface area contributed by atoms with Crippen LogP contribution in [0.5, 0.6) is 11.5 Å². The van der Waals surface area contributed by atoms with E-state index in [2.05, 4.69) is 25.6 Å². The first-order valence-corrected chi connectivity index (χ1v) is 10.8. The second kappa shape index (κ2) is 9.11. The molecular weight excluding hydrogens is 428 g/mol. The lowest BCUT2D eigenvalue weighted by atomic mass is 10.1. The van der Waals surface area contributed by atoms with Crippen molar-refractivity contribution in [1.29, 1.82) is 0 Å². The van der Waals surface area contributed by atoms with Gasteiger partial charge in [0.15, 0.2) is 0 Å². The number of hydrogen-bond acceptors (Lipinski definition) is 6. The van der Waals surface area contributed by atoms with Gasteiger partial charge >= 0.3 is 0 Å². The van der Waals surface area contributed by atoms with Crippen LogP contribution in [0, 0.1) is 13.8 Å². The number of nitrogens with zero attached hydrogens (tertiary/aromatic N) is 5. The minimum absolute atomic E-state index is 0.160. The molecule has 0 saturated carbocycles. The third-order valence-electron chi connectivity index (χ3n) is 5.51. The maximum atomic E-state index is 12.8. The van der Waals surface area contributed by atoms with Crippen molar-refractivity contribution >= 4 is 16.8 Å². The van der Waals surface area contributed by atoms with Gasteiger partial charge in [0, 0.05) is 41.6 Å². The molecule has 0 aliphatic carbocycles. The second-order valence-corrected chi connectivity index (χ2v) is 7.88. The van der Waals surface area contributed by atoms with E-state index in [4.69, 9.17) is 4.74 Å². The molecule has 5 aromatic rings. The van der Waals surface area contributed by atoms with Crippen LogP contribution in [0.3, 0.4) is 0 Å². The quantitative estimate of drug-likeness (QED) is 0.408. The number of nitrogens with one attached hydrogen (secondary N) is 1. The molecule has 8 nitrogen and oxygen atoms in total. The Labute approximate surface area is 196 Å². The van der Waals surface area contributed by atoms with Crippen LogP contribution in [0.1, 0.15) is 27.2 Å². The molecule has 8 heteroatoms. The topological polar surface area (TPSA) is 94.8 Å². The smallest absolute Gasteiger partial charge is 0.251 e. The highest BCUT2D eigenvalue weighted by Crippen LogP contribution is 2.32. The Bertz CT molecular complexity index is 1480. The van der Waals surface area contributed by atoms with Crippen LogP contribution in [0.4, 0.5) is 0 Å². The number of aryl methyl sites for hydroxylation is 1. The van der Waals surface area contributed by atoms with Gasteiger partial charge in [0.1, 0.15) is 11.5 Å². The number of carbonyl (C=O) groups is 1. The Morgan fingerprint density at radius 2 is 1.85 bits per heavy atom. The SMILES string of the molecule is Cc1cn(-c2ccc3c(Oc4cccc(C(=O)NCc5ccncc5)c4C)ccnc3c2)nn1. The van der Waals surface area contributed by atoms with E-state index in [1.54, 1.807) is 29.3 Å². The van der Waals surface area contributed by atoms with Gasteiger partial charge in [-0.25, -0.2) is 4.68 Å². The monoisotopic (exact) mass is 450 g/mol. The lowest BCUT2D eigenvalue weighted by Crippen LogP contribution is -2.23. The van der Waals surface area contributed by atoms with Gasteiger partial charge in [0.25, 0.3) is 5.91 Å². The third-order valence-corrected chi connectivity index (χ3v) is 5.51. The molecule has 0 fully saturated rings. The molecule has 0 spiro atoms.